The van der Waals surface area contributed by atoms with E-state index in [0.717, 1.165) is 6.42 Å². The molecular formula is C25H57N5O7. The van der Waals surface area contributed by atoms with E-state index >= 15 is 0 Å². The molecule has 0 rings (SSSR count). The number of nitrogens with two attached hydrogens (primary N) is 1. The van der Waals surface area contributed by atoms with Crippen LogP contribution in [0.5, 0.6) is 0 Å². The van der Waals surface area contributed by atoms with Crippen LogP contribution in [0.15, 0.2) is 11.9 Å². The van der Waals surface area contributed by atoms with E-state index in [1.165, 1.54) is 0 Å². The Morgan fingerprint density at radius 1 is 0.757 bits per heavy atom. The van der Waals surface area contributed by atoms with Crippen LogP contribution in [0.4, 0.5) is 0 Å². The van der Waals surface area contributed by atoms with Crippen LogP contribution in [-0.2, 0) is 33.3 Å². The Labute approximate surface area is 226 Å². The second-order valence-corrected chi connectivity index (χ2v) is 8.35. The first-order valence-electron chi connectivity index (χ1n) is 13.1. The molecule has 0 unspecified atom stereocenters. The Kier molecular flexibility index (Phi) is 28.8. The molecule has 0 spiro atoms. The van der Waals surface area contributed by atoms with E-state index in [9.17, 15) is 9.59 Å². The molecule has 8 N–H and O–H groups in total. The van der Waals surface area contributed by atoms with Gasteiger partial charge in [-0.25, -0.2) is 0 Å². The van der Waals surface area contributed by atoms with Crippen molar-refractivity contribution >= 4 is 11.8 Å². The van der Waals surface area contributed by atoms with Crippen LogP contribution < -0.4 is 27.8 Å². The number of carbonyl (C=O) groups excluding carboxylic acids is 2. The van der Waals surface area contributed by atoms with Crippen molar-refractivity contribution in [1.29, 1.82) is 0 Å². The first kappa shape index (κ1) is 37.2. The van der Waals surface area contributed by atoms with Crippen LogP contribution in [-0.4, -0.2) is 97.0 Å². The largest absolute Gasteiger partial charge is 0.401 e. The summed E-state index contributed by atoms with van der Waals surface area (Å²) in [4.78, 5) is 23.5. The number of amides is 2. The fourth-order valence-electron chi connectivity index (χ4n) is 2.68. The molecule has 224 valence electrons. The van der Waals surface area contributed by atoms with Crippen molar-refractivity contribution in [3.63, 3.8) is 0 Å². The van der Waals surface area contributed by atoms with Crippen LogP contribution in [0.2, 0.25) is 0 Å². The van der Waals surface area contributed by atoms with Crippen molar-refractivity contribution < 1.29 is 36.1 Å². The first-order valence-corrected chi connectivity index (χ1v) is 13.1. The maximum atomic E-state index is 11.9. The number of rotatable bonds is 26. The molecule has 0 bridgehead atoms. The van der Waals surface area contributed by atoms with Gasteiger partial charge in [0.25, 0.3) is 0 Å². The molecule has 0 saturated heterocycles. The van der Waals surface area contributed by atoms with Gasteiger partial charge >= 0.3 is 0 Å². The van der Waals surface area contributed by atoms with Crippen LogP contribution in [0.25, 0.3) is 0 Å². The smallest absolute Gasteiger partial charge is 0.222 e. The fourth-order valence-corrected chi connectivity index (χ4v) is 2.68. The SMILES string of the molecule is CCCOCCC(=O)NCCCNC(=O)CC/C(N)=C/NCCOCCOCCOCCOC(C)C.N.[HH].[HH]. The second kappa shape index (κ2) is 28.6. The minimum atomic E-state index is -0.0664. The zero-order chi connectivity index (χ0) is 26.7. The second-order valence-electron chi connectivity index (χ2n) is 8.35. The maximum Gasteiger partial charge on any atom is 0.222 e. The molecule has 0 aliphatic carbocycles. The highest BCUT2D eigenvalue weighted by Crippen LogP contribution is 1.97. The molecule has 0 saturated carbocycles. The standard InChI is InChI=1S/C25H50N4O7.H3N.2H2/c1-4-12-32-13-8-25(31)29-10-5-9-28-24(30)7-6-23(26)21-27-11-14-33-15-16-34-17-18-35-19-20-36-22(2)3;;;/h21-22,27H,4-20,26H2,1-3H3,(H,28,30)(H,29,31);1H3;2*1H/b23-21-;;;. The lowest BCUT2D eigenvalue weighted by Crippen LogP contribution is -2.30. The first-order chi connectivity index (χ1) is 17.5. The molecule has 0 aromatic carbocycles. The molecule has 0 radical (unpaired) electrons. The Morgan fingerprint density at radius 3 is 1.89 bits per heavy atom. The summed E-state index contributed by atoms with van der Waals surface area (Å²) in [5.41, 5.74) is 6.53. The van der Waals surface area contributed by atoms with Gasteiger partial charge in [-0.05, 0) is 33.1 Å². The molecule has 2 amide bonds. The highest BCUT2D eigenvalue weighted by molar-refractivity contribution is 5.76. The molecule has 12 nitrogen and oxygen atoms in total. The number of nitrogens with one attached hydrogen (secondary N) is 3. The molecule has 0 heterocycles. The van der Waals surface area contributed by atoms with Gasteiger partial charge in [0.05, 0.1) is 59.0 Å². The summed E-state index contributed by atoms with van der Waals surface area (Å²) in [5.74, 6) is -0.102. The van der Waals surface area contributed by atoms with Crippen molar-refractivity contribution in [2.45, 2.75) is 59.0 Å². The number of hydrogen-bond acceptors (Lipinski definition) is 10. The van der Waals surface area contributed by atoms with Crippen molar-refractivity contribution in [2.75, 3.05) is 79.1 Å². The fraction of sp³-hybridized carbons (Fsp3) is 0.840. The average Bonchev–Trinajstić information content (AvgIpc) is 2.85. The summed E-state index contributed by atoms with van der Waals surface area (Å²) in [6.45, 7) is 12.6. The lowest BCUT2D eigenvalue weighted by atomic mass is 10.2. The number of carbonyl (C=O) groups is 2. The van der Waals surface area contributed by atoms with E-state index in [2.05, 4.69) is 16.0 Å². The summed E-state index contributed by atoms with van der Waals surface area (Å²) >= 11 is 0. The summed E-state index contributed by atoms with van der Waals surface area (Å²) < 4.78 is 27.0. The molecule has 0 aromatic rings. The maximum absolute atomic E-state index is 11.9. The van der Waals surface area contributed by atoms with Gasteiger partial charge in [-0.2, -0.15) is 0 Å². The molecule has 37 heavy (non-hydrogen) atoms. The Bertz CT molecular complexity index is 577. The van der Waals surface area contributed by atoms with Crippen LogP contribution >= 0.6 is 0 Å². The van der Waals surface area contributed by atoms with Gasteiger partial charge in [0.2, 0.25) is 11.8 Å². The van der Waals surface area contributed by atoms with E-state index in [-0.39, 0.29) is 26.9 Å². The molecule has 0 aliphatic heterocycles. The zero-order valence-corrected chi connectivity index (χ0v) is 23.3. The predicted octanol–water partition coefficient (Wildman–Crippen LogP) is 1.72. The topological polar surface area (TPSA) is 177 Å². The van der Waals surface area contributed by atoms with Crippen LogP contribution in [0.3, 0.4) is 0 Å². The van der Waals surface area contributed by atoms with Gasteiger partial charge < -0.3 is 51.5 Å². The quantitative estimate of drug-likeness (QED) is 0.102. The van der Waals surface area contributed by atoms with Gasteiger partial charge in [-0.15, -0.1) is 0 Å². The number of allylic oxidation sites excluding steroid dienone is 1. The lowest BCUT2D eigenvalue weighted by Gasteiger charge is -2.09. The monoisotopic (exact) mass is 539 g/mol. The third kappa shape index (κ3) is 30.2. The van der Waals surface area contributed by atoms with E-state index in [1.807, 2.05) is 20.8 Å². The number of hydrogen-bond donors (Lipinski definition) is 5. The van der Waals surface area contributed by atoms with Gasteiger partial charge in [0.15, 0.2) is 0 Å². The third-order valence-corrected chi connectivity index (χ3v) is 4.56. The Morgan fingerprint density at radius 2 is 1.30 bits per heavy atom. The third-order valence-electron chi connectivity index (χ3n) is 4.56. The minimum Gasteiger partial charge on any atom is -0.401 e. The molecule has 0 aliphatic rings. The molecule has 0 atom stereocenters. The van der Waals surface area contributed by atoms with E-state index in [1.54, 1.807) is 6.20 Å². The highest BCUT2D eigenvalue weighted by atomic mass is 16.6. The van der Waals surface area contributed by atoms with Gasteiger partial charge in [0.1, 0.15) is 0 Å². The summed E-state index contributed by atoms with van der Waals surface area (Å²) in [5, 5.41) is 8.71. The molecular weight excluding hydrogens is 482 g/mol. The van der Waals surface area contributed by atoms with Gasteiger partial charge in [-0.3, -0.25) is 9.59 Å². The van der Waals surface area contributed by atoms with Crippen molar-refractivity contribution in [2.24, 2.45) is 5.73 Å². The zero-order valence-electron chi connectivity index (χ0n) is 23.3. The summed E-state index contributed by atoms with van der Waals surface area (Å²) in [6, 6.07) is 0. The predicted molar refractivity (Wildman–Crippen MR) is 149 cm³/mol. The molecule has 12 heteroatoms. The average molecular weight is 540 g/mol. The van der Waals surface area contributed by atoms with Crippen LogP contribution in [0.1, 0.15) is 55.7 Å². The van der Waals surface area contributed by atoms with E-state index in [0.29, 0.717) is 110 Å². The van der Waals surface area contributed by atoms with Crippen molar-refractivity contribution in [1.82, 2.24) is 22.1 Å². The van der Waals surface area contributed by atoms with Crippen molar-refractivity contribution in [3.05, 3.63) is 11.9 Å². The summed E-state index contributed by atoms with van der Waals surface area (Å²) in [7, 11) is 0. The van der Waals surface area contributed by atoms with Crippen LogP contribution in [0, 0.1) is 0 Å². The molecule has 0 fully saturated rings. The Balaban J connectivity index is -0.00000204. The van der Waals surface area contributed by atoms with E-state index in [4.69, 9.17) is 29.4 Å². The number of ether oxygens (including phenoxy) is 5. The van der Waals surface area contributed by atoms with Crippen molar-refractivity contribution in [3.8, 4) is 0 Å². The van der Waals surface area contributed by atoms with E-state index < -0.39 is 0 Å². The van der Waals surface area contributed by atoms with Gasteiger partial charge in [0, 0.05) is 53.8 Å². The Hall–Kier alpha value is -1.96. The normalized spacial score (nSPS) is 11.3. The lowest BCUT2D eigenvalue weighted by molar-refractivity contribution is -0.122. The molecule has 0 aromatic heterocycles. The highest BCUT2D eigenvalue weighted by Gasteiger charge is 2.03. The minimum absolute atomic E-state index is 0. The summed E-state index contributed by atoms with van der Waals surface area (Å²) in [6.07, 6.45) is 4.68. The van der Waals surface area contributed by atoms with Gasteiger partial charge in [-0.1, -0.05) is 6.92 Å².